The van der Waals surface area contributed by atoms with Crippen molar-refractivity contribution in [3.63, 3.8) is 0 Å². The molecule has 1 N–H and O–H groups in total. The van der Waals surface area contributed by atoms with E-state index in [0.29, 0.717) is 42.7 Å². The van der Waals surface area contributed by atoms with Gasteiger partial charge in [0.25, 0.3) is 5.91 Å². The fourth-order valence-electron chi connectivity index (χ4n) is 3.46. The first-order valence-corrected chi connectivity index (χ1v) is 10.0. The summed E-state index contributed by atoms with van der Waals surface area (Å²) >= 11 is 3.21. The lowest BCUT2D eigenvalue weighted by Gasteiger charge is -2.34. The van der Waals surface area contributed by atoms with E-state index in [-0.39, 0.29) is 17.2 Å². The Kier molecular flexibility index (Phi) is 5.54. The van der Waals surface area contributed by atoms with Crippen molar-refractivity contribution in [2.45, 2.75) is 12.7 Å². The van der Waals surface area contributed by atoms with Gasteiger partial charge in [-0.1, -0.05) is 28.1 Å². The van der Waals surface area contributed by atoms with E-state index in [2.05, 4.69) is 30.8 Å². The van der Waals surface area contributed by atoms with Gasteiger partial charge in [-0.15, -0.1) is 0 Å². The van der Waals surface area contributed by atoms with Crippen molar-refractivity contribution < 1.29 is 22.4 Å². The zero-order chi connectivity index (χ0) is 21.5. The first-order chi connectivity index (χ1) is 14.2. The van der Waals surface area contributed by atoms with E-state index in [1.165, 1.54) is 18.2 Å². The number of aromatic nitrogens is 2. The summed E-state index contributed by atoms with van der Waals surface area (Å²) in [4.78, 5) is 23.4. The summed E-state index contributed by atoms with van der Waals surface area (Å²) in [5.74, 6) is -0.745. The molecule has 0 radical (unpaired) electrons. The Hall–Kier alpha value is -2.46. The van der Waals surface area contributed by atoms with Crippen LogP contribution in [0.4, 0.5) is 17.6 Å². The van der Waals surface area contributed by atoms with E-state index in [1.54, 1.807) is 11.0 Å². The number of carbonyl (C=O) groups excluding carboxylic acids is 1. The average molecular weight is 485 g/mol. The van der Waals surface area contributed by atoms with Gasteiger partial charge in [-0.3, -0.25) is 9.69 Å². The van der Waals surface area contributed by atoms with Crippen LogP contribution in [0.5, 0.6) is 0 Å². The fraction of sp³-hybridized carbons (Fsp3) is 0.300. The van der Waals surface area contributed by atoms with Crippen molar-refractivity contribution >= 4 is 32.9 Å². The molecule has 10 heteroatoms. The lowest BCUT2D eigenvalue weighted by Crippen LogP contribution is -2.48. The molecule has 0 bridgehead atoms. The summed E-state index contributed by atoms with van der Waals surface area (Å²) in [6.45, 7) is 2.55. The Bertz CT molecular complexity index is 1070. The molecule has 1 fully saturated rings. The minimum Gasteiger partial charge on any atom is -0.334 e. The molecule has 2 heterocycles. The molecular weight excluding hydrogens is 468 g/mol. The Morgan fingerprint density at radius 3 is 2.40 bits per heavy atom. The number of halogens is 5. The average Bonchev–Trinajstić information content (AvgIpc) is 3.12. The second kappa shape index (κ2) is 7.99. The summed E-state index contributed by atoms with van der Waals surface area (Å²) in [5.41, 5.74) is 0.658. The van der Waals surface area contributed by atoms with Crippen molar-refractivity contribution in [2.75, 3.05) is 26.2 Å². The molecule has 158 valence electrons. The Labute approximate surface area is 177 Å². The molecule has 0 unspecified atom stereocenters. The van der Waals surface area contributed by atoms with Crippen LogP contribution in [0.3, 0.4) is 0 Å². The van der Waals surface area contributed by atoms with Gasteiger partial charge in [0.2, 0.25) is 0 Å². The van der Waals surface area contributed by atoms with Crippen LogP contribution in [0.25, 0.3) is 11.0 Å². The number of imidazole rings is 1. The highest BCUT2D eigenvalue weighted by Crippen LogP contribution is 2.29. The fourth-order valence-corrected chi connectivity index (χ4v) is 3.89. The van der Waals surface area contributed by atoms with Crippen molar-refractivity contribution in [1.29, 1.82) is 0 Å². The van der Waals surface area contributed by atoms with E-state index >= 15 is 0 Å². The quantitative estimate of drug-likeness (QED) is 0.559. The summed E-state index contributed by atoms with van der Waals surface area (Å²) < 4.78 is 52.6. The van der Waals surface area contributed by atoms with E-state index < -0.39 is 17.6 Å². The number of benzene rings is 2. The highest BCUT2D eigenvalue weighted by molar-refractivity contribution is 9.10. The normalized spacial score (nSPS) is 15.7. The predicted octanol–water partition coefficient (Wildman–Crippen LogP) is 4.44. The SMILES string of the molecule is O=C(c1nc2c(F)cc(Br)cc2[nH]1)N1CCN(Cc2ccc(C(F)(F)F)cc2)CC1. The predicted molar refractivity (Wildman–Crippen MR) is 106 cm³/mol. The number of amides is 1. The second-order valence-corrected chi connectivity index (χ2v) is 8.05. The Morgan fingerprint density at radius 1 is 1.10 bits per heavy atom. The number of aromatic amines is 1. The maximum absolute atomic E-state index is 14.0. The lowest BCUT2D eigenvalue weighted by atomic mass is 10.1. The number of hydrogen-bond donors (Lipinski definition) is 1. The first-order valence-electron chi connectivity index (χ1n) is 9.23. The summed E-state index contributed by atoms with van der Waals surface area (Å²) in [6, 6.07) is 8.05. The van der Waals surface area contributed by atoms with E-state index in [1.807, 2.05) is 0 Å². The van der Waals surface area contributed by atoms with Crippen LogP contribution in [0.2, 0.25) is 0 Å². The summed E-state index contributed by atoms with van der Waals surface area (Å²) in [5, 5.41) is 0. The molecule has 0 atom stereocenters. The maximum Gasteiger partial charge on any atom is 0.416 e. The van der Waals surface area contributed by atoms with Gasteiger partial charge in [0.1, 0.15) is 5.52 Å². The standard InChI is InChI=1S/C20H17BrF4N4O/c21-14-9-15(22)17-16(10-14)26-18(27-17)19(30)29-7-5-28(6-8-29)11-12-1-3-13(4-2-12)20(23,24)25/h1-4,9-10H,5-8,11H2,(H,26,27). The summed E-state index contributed by atoms with van der Waals surface area (Å²) in [6.07, 6.45) is -4.35. The molecule has 1 aliphatic heterocycles. The maximum atomic E-state index is 14.0. The van der Waals surface area contributed by atoms with Crippen LogP contribution < -0.4 is 0 Å². The topological polar surface area (TPSA) is 52.2 Å². The molecule has 1 saturated heterocycles. The van der Waals surface area contributed by atoms with E-state index in [0.717, 1.165) is 17.7 Å². The van der Waals surface area contributed by atoms with Crippen LogP contribution in [-0.4, -0.2) is 51.9 Å². The smallest absolute Gasteiger partial charge is 0.334 e. The third kappa shape index (κ3) is 4.34. The number of piperazine rings is 1. The molecule has 1 aromatic heterocycles. The number of H-pyrrole nitrogens is 1. The molecule has 0 saturated carbocycles. The number of rotatable bonds is 3. The molecule has 0 aliphatic carbocycles. The highest BCUT2D eigenvalue weighted by atomic mass is 79.9. The monoisotopic (exact) mass is 484 g/mol. The van der Waals surface area contributed by atoms with E-state index in [4.69, 9.17) is 0 Å². The number of hydrogen-bond acceptors (Lipinski definition) is 3. The summed E-state index contributed by atoms with van der Waals surface area (Å²) in [7, 11) is 0. The van der Waals surface area contributed by atoms with Gasteiger partial charge in [0, 0.05) is 37.2 Å². The highest BCUT2D eigenvalue weighted by Gasteiger charge is 2.30. The number of nitrogens with zero attached hydrogens (tertiary/aromatic N) is 3. The third-order valence-corrected chi connectivity index (χ3v) is 5.51. The van der Waals surface area contributed by atoms with Crippen molar-refractivity contribution in [2.24, 2.45) is 0 Å². The van der Waals surface area contributed by atoms with Crippen LogP contribution in [0.15, 0.2) is 40.9 Å². The molecule has 30 heavy (non-hydrogen) atoms. The van der Waals surface area contributed by atoms with Crippen molar-refractivity contribution in [3.05, 3.63) is 63.6 Å². The number of alkyl halides is 3. The largest absolute Gasteiger partial charge is 0.416 e. The van der Waals surface area contributed by atoms with Gasteiger partial charge in [0.15, 0.2) is 11.6 Å². The van der Waals surface area contributed by atoms with E-state index in [9.17, 15) is 22.4 Å². The molecule has 0 spiro atoms. The molecule has 1 aliphatic rings. The third-order valence-electron chi connectivity index (χ3n) is 5.05. The van der Waals surface area contributed by atoms with Crippen LogP contribution in [0, 0.1) is 5.82 Å². The zero-order valence-corrected chi connectivity index (χ0v) is 17.2. The minimum absolute atomic E-state index is 0.0817. The first kappa shape index (κ1) is 20.8. The second-order valence-electron chi connectivity index (χ2n) is 7.13. The lowest BCUT2D eigenvalue weighted by molar-refractivity contribution is -0.137. The Morgan fingerprint density at radius 2 is 1.77 bits per heavy atom. The van der Waals surface area contributed by atoms with Gasteiger partial charge in [-0.05, 0) is 29.8 Å². The van der Waals surface area contributed by atoms with Gasteiger partial charge in [-0.25, -0.2) is 9.37 Å². The molecule has 2 aromatic carbocycles. The zero-order valence-electron chi connectivity index (χ0n) is 15.6. The van der Waals surface area contributed by atoms with Crippen molar-refractivity contribution in [1.82, 2.24) is 19.8 Å². The minimum atomic E-state index is -4.35. The molecule has 5 nitrogen and oxygen atoms in total. The molecule has 1 amide bonds. The Balaban J connectivity index is 1.37. The van der Waals surface area contributed by atoms with Crippen LogP contribution in [0.1, 0.15) is 21.7 Å². The number of fused-ring (bicyclic) bond motifs is 1. The van der Waals surface area contributed by atoms with Gasteiger partial charge in [-0.2, -0.15) is 13.2 Å². The van der Waals surface area contributed by atoms with Crippen LogP contribution in [-0.2, 0) is 12.7 Å². The molecule has 4 rings (SSSR count). The van der Waals surface area contributed by atoms with Crippen LogP contribution >= 0.6 is 15.9 Å². The van der Waals surface area contributed by atoms with Crippen molar-refractivity contribution in [3.8, 4) is 0 Å². The van der Waals surface area contributed by atoms with Gasteiger partial charge >= 0.3 is 6.18 Å². The number of carbonyl (C=O) groups is 1. The van der Waals surface area contributed by atoms with Gasteiger partial charge < -0.3 is 9.88 Å². The molecule has 3 aromatic rings. The number of nitrogens with one attached hydrogen (secondary N) is 1. The molecular formula is C20H17BrF4N4O. The van der Waals surface area contributed by atoms with Gasteiger partial charge in [0.05, 0.1) is 11.1 Å².